The average Bonchev–Trinajstić information content (AvgIpc) is 1.35. The first-order valence-corrected chi connectivity index (χ1v) is 2.74. The zero-order valence-corrected chi connectivity index (χ0v) is 5.27. The first kappa shape index (κ1) is 6.38. The van der Waals surface area contributed by atoms with Crippen LogP contribution in [-0.4, -0.2) is 4.32 Å². The summed E-state index contributed by atoms with van der Waals surface area (Å²) >= 11 is 9.87. The summed E-state index contributed by atoms with van der Waals surface area (Å²) in [5, 5.41) is 0. The van der Waals surface area contributed by atoms with Crippen LogP contribution < -0.4 is 0 Å². The monoisotopic (exact) mass is 122 g/mol. The molecule has 0 N–H and O–H groups in total. The fourth-order valence-corrected chi connectivity index (χ4v) is 0.590. The molecule has 6 heavy (non-hydrogen) atoms. The minimum Gasteiger partial charge on any atom is -0.0765 e. The molecule has 0 aliphatic heterocycles. The fourth-order valence-electron chi connectivity index (χ4n) is 0.197. The minimum absolute atomic E-state index is 0.595. The van der Waals surface area contributed by atoms with E-state index in [4.69, 9.17) is 11.6 Å². The van der Waals surface area contributed by atoms with Gasteiger partial charge < -0.3 is 0 Å². The Morgan fingerprint density at radius 3 is 2.33 bits per heavy atom. The molecule has 0 radical (unpaired) electrons. The van der Waals surface area contributed by atoms with E-state index in [1.165, 1.54) is 0 Å². The summed E-state index contributed by atoms with van der Waals surface area (Å²) < 4.78 is 0.595. The molecule has 0 rings (SSSR count). The van der Waals surface area contributed by atoms with Gasteiger partial charge in [-0.1, -0.05) is 37.2 Å². The number of thiocarbonyl (C=S) groups is 1. The molecular weight excluding hydrogens is 116 g/mol. The van der Waals surface area contributed by atoms with Gasteiger partial charge in [0, 0.05) is 0 Å². The molecule has 0 saturated carbocycles. The van der Waals surface area contributed by atoms with Crippen LogP contribution in [0.4, 0.5) is 0 Å². The van der Waals surface area contributed by atoms with Crippen LogP contribution in [0.1, 0.15) is 19.8 Å². The van der Waals surface area contributed by atoms with E-state index in [2.05, 4.69) is 19.1 Å². The normalized spacial score (nSPS) is 8.33. The molecule has 0 spiro atoms. The van der Waals surface area contributed by atoms with Crippen molar-refractivity contribution in [1.82, 2.24) is 0 Å². The topological polar surface area (TPSA) is 0 Å². The van der Waals surface area contributed by atoms with Crippen LogP contribution in [0, 0.1) is 0 Å². The molecule has 0 aliphatic carbocycles. The highest BCUT2D eigenvalue weighted by atomic mass is 35.5. The largest absolute Gasteiger partial charge is 0.0808 e. The van der Waals surface area contributed by atoms with Crippen molar-refractivity contribution in [2.24, 2.45) is 0 Å². The molecule has 0 fully saturated rings. The minimum atomic E-state index is 0.595. The summed E-state index contributed by atoms with van der Waals surface area (Å²) in [6.45, 7) is 2.05. The van der Waals surface area contributed by atoms with E-state index in [-0.39, 0.29) is 0 Å². The van der Waals surface area contributed by atoms with Crippen LogP contribution in [0.3, 0.4) is 0 Å². The van der Waals surface area contributed by atoms with E-state index >= 15 is 0 Å². The van der Waals surface area contributed by atoms with Gasteiger partial charge in [0.05, 0.1) is 4.32 Å². The molecule has 0 aromatic heterocycles. The summed E-state index contributed by atoms with van der Waals surface area (Å²) in [6, 6.07) is 0. The quantitative estimate of drug-likeness (QED) is 0.400. The highest BCUT2D eigenvalue weighted by Gasteiger charge is 1.81. The first-order valence-electron chi connectivity index (χ1n) is 1.95. The molecule has 2 heteroatoms. The van der Waals surface area contributed by atoms with E-state index < -0.39 is 0 Å². The molecular formula is C4H7ClS. The molecule has 0 aromatic rings. The summed E-state index contributed by atoms with van der Waals surface area (Å²) in [5.74, 6) is 0. The van der Waals surface area contributed by atoms with Gasteiger partial charge in [-0.2, -0.15) is 0 Å². The Morgan fingerprint density at radius 1 is 1.83 bits per heavy atom. The van der Waals surface area contributed by atoms with Gasteiger partial charge in [0.1, 0.15) is 0 Å². The first-order chi connectivity index (χ1) is 2.77. The highest BCUT2D eigenvalue weighted by Crippen LogP contribution is 1.94. The number of hydrogen-bond acceptors (Lipinski definition) is 1. The van der Waals surface area contributed by atoms with Crippen molar-refractivity contribution in [2.45, 2.75) is 19.8 Å². The maximum atomic E-state index is 5.31. The number of rotatable bonds is 2. The van der Waals surface area contributed by atoms with E-state index in [1.54, 1.807) is 0 Å². The molecule has 0 heterocycles. The molecule has 0 aromatic carbocycles. The number of hydrogen-bond donors (Lipinski definition) is 0. The Bertz CT molecular complexity index is 51.5. The van der Waals surface area contributed by atoms with Crippen LogP contribution >= 0.6 is 23.8 Å². The van der Waals surface area contributed by atoms with Crippen molar-refractivity contribution < 1.29 is 0 Å². The molecule has 0 amide bonds. The predicted octanol–water partition coefficient (Wildman–Crippen LogP) is 2.35. The molecule has 0 saturated heterocycles. The van der Waals surface area contributed by atoms with Crippen molar-refractivity contribution in [2.75, 3.05) is 0 Å². The lowest BCUT2D eigenvalue weighted by atomic mass is 10.4. The lowest BCUT2D eigenvalue weighted by molar-refractivity contribution is 1.01. The Labute approximate surface area is 48.5 Å². The Balaban J connectivity index is 2.83. The van der Waals surface area contributed by atoms with Crippen molar-refractivity contribution in [3.63, 3.8) is 0 Å². The smallest absolute Gasteiger partial charge is 0.0765 e. The van der Waals surface area contributed by atoms with Crippen LogP contribution in [0.25, 0.3) is 0 Å². The third-order valence-corrected chi connectivity index (χ3v) is 0.840. The summed E-state index contributed by atoms with van der Waals surface area (Å²) in [5.41, 5.74) is 0. The van der Waals surface area contributed by atoms with Crippen molar-refractivity contribution in [3.8, 4) is 0 Å². The Kier molecular flexibility index (Phi) is 3.79. The van der Waals surface area contributed by atoms with E-state index in [1.807, 2.05) is 0 Å². The Hall–Kier alpha value is 0.380. The second kappa shape index (κ2) is 3.57. The van der Waals surface area contributed by atoms with Crippen molar-refractivity contribution >= 4 is 28.1 Å². The van der Waals surface area contributed by atoms with Gasteiger partial charge in [0.15, 0.2) is 0 Å². The third kappa shape index (κ3) is 4.38. The summed E-state index contributed by atoms with van der Waals surface area (Å²) in [4.78, 5) is 0. The van der Waals surface area contributed by atoms with Crippen LogP contribution in [0.5, 0.6) is 0 Å². The summed E-state index contributed by atoms with van der Waals surface area (Å²) in [7, 11) is 0. The SMILES string of the molecule is CCCC(=S)Cl. The van der Waals surface area contributed by atoms with Crippen LogP contribution in [-0.2, 0) is 0 Å². The van der Waals surface area contributed by atoms with Gasteiger partial charge in [-0.15, -0.1) is 0 Å². The van der Waals surface area contributed by atoms with Gasteiger partial charge in [0.2, 0.25) is 0 Å². The highest BCUT2D eigenvalue weighted by molar-refractivity contribution is 7.83. The Morgan fingerprint density at radius 2 is 2.33 bits per heavy atom. The van der Waals surface area contributed by atoms with Crippen LogP contribution in [0.2, 0.25) is 0 Å². The van der Waals surface area contributed by atoms with Gasteiger partial charge in [-0.25, -0.2) is 0 Å². The molecule has 0 aliphatic rings. The van der Waals surface area contributed by atoms with E-state index in [0.717, 1.165) is 12.8 Å². The van der Waals surface area contributed by atoms with E-state index in [0.29, 0.717) is 4.32 Å². The van der Waals surface area contributed by atoms with Gasteiger partial charge >= 0.3 is 0 Å². The lowest BCUT2D eigenvalue weighted by Gasteiger charge is -1.81. The third-order valence-electron chi connectivity index (χ3n) is 0.447. The van der Waals surface area contributed by atoms with Gasteiger partial charge in [-0.3, -0.25) is 0 Å². The molecule has 0 unspecified atom stereocenters. The fraction of sp³-hybridized carbons (Fsp3) is 0.750. The molecule has 0 nitrogen and oxygen atoms in total. The van der Waals surface area contributed by atoms with Gasteiger partial charge in [0.25, 0.3) is 0 Å². The van der Waals surface area contributed by atoms with Gasteiger partial charge in [-0.05, 0) is 6.42 Å². The molecule has 0 atom stereocenters. The second-order valence-corrected chi connectivity index (χ2v) is 2.28. The summed E-state index contributed by atoms with van der Waals surface area (Å²) in [6.07, 6.45) is 1.93. The van der Waals surface area contributed by atoms with Crippen LogP contribution in [0.15, 0.2) is 0 Å². The standard InChI is InChI=1S/C4H7ClS/c1-2-3-4(5)6/h2-3H2,1H3. The predicted molar refractivity (Wildman–Crippen MR) is 33.4 cm³/mol. The van der Waals surface area contributed by atoms with Crippen molar-refractivity contribution in [1.29, 1.82) is 0 Å². The van der Waals surface area contributed by atoms with E-state index in [9.17, 15) is 0 Å². The maximum Gasteiger partial charge on any atom is 0.0808 e. The van der Waals surface area contributed by atoms with Crippen molar-refractivity contribution in [3.05, 3.63) is 0 Å². The average molecular weight is 123 g/mol. The maximum absolute atomic E-state index is 5.31. The zero-order chi connectivity index (χ0) is 4.99. The number of halogens is 1. The zero-order valence-electron chi connectivity index (χ0n) is 3.70. The second-order valence-electron chi connectivity index (χ2n) is 1.11. The molecule has 36 valence electrons. The lowest BCUT2D eigenvalue weighted by Crippen LogP contribution is -1.75. The molecule has 0 bridgehead atoms.